The van der Waals surface area contributed by atoms with Crippen molar-refractivity contribution in [2.75, 3.05) is 44.7 Å². The maximum atomic E-state index is 14.3. The van der Waals surface area contributed by atoms with Gasteiger partial charge in [0.15, 0.2) is 0 Å². The first-order chi connectivity index (χ1) is 34.8. The van der Waals surface area contributed by atoms with E-state index in [0.29, 0.717) is 42.0 Å². The first kappa shape index (κ1) is 55.9. The van der Waals surface area contributed by atoms with Crippen LogP contribution in [0.3, 0.4) is 0 Å². The molecule has 73 heavy (non-hydrogen) atoms. The molecule has 3 heterocycles. The van der Waals surface area contributed by atoms with Crippen LogP contribution in [0.5, 0.6) is 5.75 Å². The number of aryl methyl sites for hydroxylation is 1. The number of likely N-dealkylation sites (tertiary alicyclic amines) is 1. The second-order valence-corrected chi connectivity index (χ2v) is 21.2. The van der Waals surface area contributed by atoms with Gasteiger partial charge in [0.2, 0.25) is 23.7 Å². The fourth-order valence-electron chi connectivity index (χ4n) is 8.57. The van der Waals surface area contributed by atoms with Crippen molar-refractivity contribution in [1.82, 2.24) is 35.8 Å². The standard InChI is InChI=1S/C55H68ClN9O7S/c1-35(39-12-14-40(15-13-39)49-36(2)61-34-73-49)62-51(68)47-29-46(72-37(3)66)31-65(47)52(69)50(54(4,5)6)64-48(67)33-70-25-11-9-10-21-58-23-24-60-53-59-22-20-44(63-53)32-71-45-18-16-41(17-19-45)55(7,8)42-26-38(30-57)27-43(56)28-42/h12-20,22,26-28,34-35,46-47,50,58H,9-11,21,23-25,29,31-33H2,1-8H3,(H,62,68)(H,64,67)(H,59,60,63)/t35-,46+,47-,50?/m0/s1. The van der Waals surface area contributed by atoms with Crippen LogP contribution in [0.2, 0.25) is 5.02 Å². The molecule has 0 bridgehead atoms. The topological polar surface area (TPSA) is 210 Å². The summed E-state index contributed by atoms with van der Waals surface area (Å²) in [5.41, 5.74) is 6.89. The number of carbonyl (C=O) groups is 4. The molecule has 0 radical (unpaired) electrons. The Balaban J connectivity index is 0.868. The van der Waals surface area contributed by atoms with E-state index < -0.39 is 41.4 Å². The number of benzene rings is 3. The van der Waals surface area contributed by atoms with Gasteiger partial charge in [-0.15, -0.1) is 11.3 Å². The van der Waals surface area contributed by atoms with Gasteiger partial charge in [0.25, 0.3) is 0 Å². The summed E-state index contributed by atoms with van der Waals surface area (Å²) in [6.45, 7) is 17.5. The highest BCUT2D eigenvalue weighted by molar-refractivity contribution is 7.13. The molecule has 6 rings (SSSR count). The predicted molar refractivity (Wildman–Crippen MR) is 283 cm³/mol. The second kappa shape index (κ2) is 26.0. The summed E-state index contributed by atoms with van der Waals surface area (Å²) in [4.78, 5) is 69.1. The molecular formula is C55H68ClN9O7S. The molecule has 1 saturated heterocycles. The number of hydrogen-bond donors (Lipinski definition) is 4. The summed E-state index contributed by atoms with van der Waals surface area (Å²) in [7, 11) is 0. The summed E-state index contributed by atoms with van der Waals surface area (Å²) in [5.74, 6) is -0.534. The van der Waals surface area contributed by atoms with E-state index in [0.717, 1.165) is 64.3 Å². The molecule has 1 aliphatic rings. The van der Waals surface area contributed by atoms with Crippen molar-refractivity contribution >= 4 is 52.6 Å². The van der Waals surface area contributed by atoms with E-state index >= 15 is 0 Å². The van der Waals surface area contributed by atoms with E-state index in [2.05, 4.69) is 56.1 Å². The number of anilines is 1. The minimum Gasteiger partial charge on any atom is -0.487 e. The molecule has 1 aliphatic heterocycles. The van der Waals surface area contributed by atoms with Gasteiger partial charge in [0, 0.05) is 49.7 Å². The third-order valence-electron chi connectivity index (χ3n) is 12.8. The van der Waals surface area contributed by atoms with Crippen LogP contribution in [0.15, 0.2) is 84.5 Å². The van der Waals surface area contributed by atoms with Gasteiger partial charge in [-0.1, -0.05) is 82.6 Å². The Bertz CT molecular complexity index is 2700. The highest BCUT2D eigenvalue weighted by Gasteiger charge is 2.46. The van der Waals surface area contributed by atoms with Crippen molar-refractivity contribution in [3.8, 4) is 22.3 Å². The zero-order chi connectivity index (χ0) is 52.7. The number of nitrogens with one attached hydrogen (secondary N) is 4. The summed E-state index contributed by atoms with van der Waals surface area (Å²) in [6, 6.07) is 23.0. The Morgan fingerprint density at radius 2 is 1.67 bits per heavy atom. The zero-order valence-corrected chi connectivity index (χ0v) is 44.6. The number of ether oxygens (including phenoxy) is 3. The maximum Gasteiger partial charge on any atom is 0.302 e. The van der Waals surface area contributed by atoms with Gasteiger partial charge in [-0.05, 0) is 104 Å². The lowest BCUT2D eigenvalue weighted by atomic mass is 9.78. The van der Waals surface area contributed by atoms with E-state index in [4.69, 9.17) is 25.8 Å². The molecule has 388 valence electrons. The number of hydrogen-bond acceptors (Lipinski definition) is 14. The van der Waals surface area contributed by atoms with Crippen LogP contribution in [0, 0.1) is 23.7 Å². The average Bonchev–Trinajstić information content (AvgIpc) is 3.99. The van der Waals surface area contributed by atoms with E-state index in [1.54, 1.807) is 23.6 Å². The maximum absolute atomic E-state index is 14.3. The third kappa shape index (κ3) is 16.0. The summed E-state index contributed by atoms with van der Waals surface area (Å²) < 4.78 is 17.2. The van der Waals surface area contributed by atoms with Crippen LogP contribution in [-0.2, 0) is 40.7 Å². The molecule has 0 aliphatic carbocycles. The molecule has 5 aromatic rings. The van der Waals surface area contributed by atoms with Gasteiger partial charge in [0.1, 0.15) is 37.2 Å². The Labute approximate surface area is 438 Å². The molecule has 1 fully saturated rings. The van der Waals surface area contributed by atoms with Gasteiger partial charge in [0.05, 0.1) is 46.0 Å². The fourth-order valence-corrected chi connectivity index (χ4v) is 9.62. The number of halogens is 1. The van der Waals surface area contributed by atoms with Crippen molar-refractivity contribution < 1.29 is 33.4 Å². The molecule has 18 heteroatoms. The van der Waals surface area contributed by atoms with Crippen molar-refractivity contribution in [2.45, 2.75) is 117 Å². The van der Waals surface area contributed by atoms with Gasteiger partial charge in [-0.25, -0.2) is 15.0 Å². The van der Waals surface area contributed by atoms with E-state index in [-0.39, 0.29) is 43.5 Å². The second-order valence-electron chi connectivity index (χ2n) is 19.9. The number of unbranched alkanes of at least 4 members (excludes halogenated alkanes) is 2. The highest BCUT2D eigenvalue weighted by atomic mass is 35.5. The Morgan fingerprint density at radius 3 is 2.36 bits per heavy atom. The number of amides is 3. The van der Waals surface area contributed by atoms with Crippen molar-refractivity contribution in [1.29, 1.82) is 5.26 Å². The Kier molecular flexibility index (Phi) is 19.9. The summed E-state index contributed by atoms with van der Waals surface area (Å²) in [5, 5.41) is 22.5. The van der Waals surface area contributed by atoms with Crippen LogP contribution in [0.25, 0.3) is 10.4 Å². The van der Waals surface area contributed by atoms with Crippen LogP contribution >= 0.6 is 22.9 Å². The normalized spacial score (nSPS) is 15.5. The van der Waals surface area contributed by atoms with Crippen LogP contribution in [-0.4, -0.2) is 101 Å². The molecular weight excluding hydrogens is 966 g/mol. The molecule has 16 nitrogen and oxygen atoms in total. The van der Waals surface area contributed by atoms with E-state index in [1.165, 1.54) is 11.8 Å². The van der Waals surface area contributed by atoms with Gasteiger partial charge >= 0.3 is 5.97 Å². The fraction of sp³-hybridized carbons (Fsp3) is 0.455. The van der Waals surface area contributed by atoms with Gasteiger partial charge in [-0.3, -0.25) is 19.2 Å². The molecule has 3 aromatic carbocycles. The molecule has 0 spiro atoms. The first-order valence-electron chi connectivity index (χ1n) is 24.7. The smallest absolute Gasteiger partial charge is 0.302 e. The van der Waals surface area contributed by atoms with Crippen molar-refractivity contribution in [3.05, 3.63) is 123 Å². The quantitative estimate of drug-likeness (QED) is 0.0338. The largest absolute Gasteiger partial charge is 0.487 e. The minimum atomic E-state index is -0.975. The van der Waals surface area contributed by atoms with Crippen LogP contribution in [0.4, 0.5) is 5.95 Å². The Hall–Kier alpha value is -6.45. The van der Waals surface area contributed by atoms with E-state index in [1.807, 2.05) is 107 Å². The summed E-state index contributed by atoms with van der Waals surface area (Å²) >= 11 is 7.86. The van der Waals surface area contributed by atoms with Crippen molar-refractivity contribution in [2.24, 2.45) is 5.41 Å². The molecule has 4 atom stereocenters. The monoisotopic (exact) mass is 1030 g/mol. The number of nitrogens with zero attached hydrogens (tertiary/aromatic N) is 5. The third-order valence-corrected chi connectivity index (χ3v) is 14.0. The lowest BCUT2D eigenvalue weighted by molar-refractivity contribution is -0.147. The highest BCUT2D eigenvalue weighted by Crippen LogP contribution is 2.35. The lowest BCUT2D eigenvalue weighted by Gasteiger charge is -2.35. The number of aromatic nitrogens is 3. The first-order valence-corrected chi connectivity index (χ1v) is 25.9. The summed E-state index contributed by atoms with van der Waals surface area (Å²) in [6.07, 6.45) is 3.71. The predicted octanol–water partition coefficient (Wildman–Crippen LogP) is 8.47. The molecule has 0 saturated carbocycles. The molecule has 1 unspecified atom stereocenters. The van der Waals surface area contributed by atoms with Crippen molar-refractivity contribution in [3.63, 3.8) is 0 Å². The lowest BCUT2D eigenvalue weighted by Crippen LogP contribution is -2.58. The number of esters is 1. The average molecular weight is 1030 g/mol. The zero-order valence-electron chi connectivity index (χ0n) is 43.1. The molecule has 2 aromatic heterocycles. The van der Waals surface area contributed by atoms with Crippen LogP contribution in [0.1, 0.15) is 114 Å². The van der Waals surface area contributed by atoms with Gasteiger partial charge in [-0.2, -0.15) is 5.26 Å². The van der Waals surface area contributed by atoms with E-state index in [9.17, 15) is 24.4 Å². The number of nitriles is 1. The molecule has 4 N–H and O–H groups in total. The van der Waals surface area contributed by atoms with Gasteiger partial charge < -0.3 is 40.4 Å². The SMILES string of the molecule is CC(=O)O[C@@H]1C[C@@H](C(=O)N[C@@H](C)c2ccc(-c3scnc3C)cc2)N(C(=O)C(NC(=O)COCCCCCNCCNc2nccc(COc3ccc(C(C)(C)c4cc(Cl)cc(C#N)c4)cc3)n2)C(C)(C)C)C1. The number of carbonyl (C=O) groups excluding carboxylic acids is 4. The van der Waals surface area contributed by atoms with Crippen LogP contribution < -0.4 is 26.0 Å². The Morgan fingerprint density at radius 1 is 0.918 bits per heavy atom. The number of rotatable bonds is 24. The molecule has 3 amide bonds. The minimum absolute atomic E-state index is 0.0226. The number of thiazole rings is 1.